The highest BCUT2D eigenvalue weighted by molar-refractivity contribution is 6.37. The number of ether oxygens (including phenoxy) is 1. The molecule has 0 aliphatic carbocycles. The van der Waals surface area contributed by atoms with E-state index in [1.807, 2.05) is 0 Å². The van der Waals surface area contributed by atoms with E-state index in [1.54, 1.807) is 6.07 Å². The van der Waals surface area contributed by atoms with Gasteiger partial charge in [-0.2, -0.15) is 18.3 Å². The molecule has 11 heteroatoms. The van der Waals surface area contributed by atoms with E-state index in [2.05, 4.69) is 5.10 Å². The van der Waals surface area contributed by atoms with Crippen LogP contribution >= 0.6 is 23.2 Å². The molecule has 0 aliphatic heterocycles. The number of aromatic nitrogens is 2. The monoisotopic (exact) mass is 516 g/mol. The normalized spacial score (nSPS) is 11.6. The van der Waals surface area contributed by atoms with E-state index in [0.717, 1.165) is 22.9 Å². The Bertz CT molecular complexity index is 1310. The van der Waals surface area contributed by atoms with Crippen LogP contribution in [-0.2, 0) is 12.8 Å². The summed E-state index contributed by atoms with van der Waals surface area (Å²) in [4.78, 5) is 0. The van der Waals surface area contributed by atoms with Crippen LogP contribution in [0.5, 0.6) is 5.75 Å². The highest BCUT2D eigenvalue weighted by Gasteiger charge is 2.35. The molecule has 4 rings (SSSR count). The third-order valence-electron chi connectivity index (χ3n) is 4.78. The second-order valence-electron chi connectivity index (χ2n) is 7.07. The van der Waals surface area contributed by atoms with Crippen molar-refractivity contribution in [3.8, 4) is 22.6 Å². The van der Waals surface area contributed by atoms with Gasteiger partial charge in [-0.25, -0.2) is 17.9 Å². The quantitative estimate of drug-likeness (QED) is 0.199. The molecule has 0 spiro atoms. The molecule has 0 unspecified atom stereocenters. The van der Waals surface area contributed by atoms with Gasteiger partial charge in [-0.15, -0.1) is 0 Å². The first-order valence-corrected chi connectivity index (χ1v) is 10.3. The Balaban J connectivity index is 1.61. The number of alkyl halides is 3. The number of rotatable bonds is 5. The maximum atomic E-state index is 13.5. The van der Waals surface area contributed by atoms with Crippen LogP contribution in [0.25, 0.3) is 16.8 Å². The minimum absolute atomic E-state index is 0.0223. The van der Waals surface area contributed by atoms with Crippen molar-refractivity contribution in [2.75, 3.05) is 0 Å². The van der Waals surface area contributed by atoms with Crippen LogP contribution in [0.1, 0.15) is 11.4 Å². The zero-order chi connectivity index (χ0) is 24.6. The van der Waals surface area contributed by atoms with E-state index in [9.17, 15) is 26.3 Å². The lowest BCUT2D eigenvalue weighted by molar-refractivity contribution is -0.141. The molecular formula is C23H12Cl2F6N2O. The van der Waals surface area contributed by atoms with Crippen LogP contribution in [0.4, 0.5) is 26.3 Å². The van der Waals surface area contributed by atoms with E-state index in [-0.39, 0.29) is 39.3 Å². The standard InChI is InChI=1S/C23H12Cl2F6N2O/c24-16-2-1-3-17(25)22(16)33-14(10-20(32-33)23(29,30)31)11-34-15-6-4-12(5-7-15)13-8-18(26)21(28)19(27)9-13/h1-10H,11H2. The molecule has 0 radical (unpaired) electrons. The highest BCUT2D eigenvalue weighted by atomic mass is 35.5. The van der Waals surface area contributed by atoms with Gasteiger partial charge >= 0.3 is 6.18 Å². The first-order valence-electron chi connectivity index (χ1n) is 9.53. The number of hydrogen-bond donors (Lipinski definition) is 0. The van der Waals surface area contributed by atoms with Crippen molar-refractivity contribution in [3.05, 3.63) is 99.5 Å². The van der Waals surface area contributed by atoms with Gasteiger partial charge in [0.1, 0.15) is 18.0 Å². The predicted molar refractivity (Wildman–Crippen MR) is 115 cm³/mol. The lowest BCUT2D eigenvalue weighted by Crippen LogP contribution is -2.09. The molecule has 0 saturated heterocycles. The number of halogens is 8. The number of nitrogens with zero attached hydrogens (tertiary/aromatic N) is 2. The molecular weight excluding hydrogens is 505 g/mol. The molecule has 0 saturated carbocycles. The summed E-state index contributed by atoms with van der Waals surface area (Å²) in [5.41, 5.74) is -0.593. The molecule has 0 bridgehead atoms. The van der Waals surface area contributed by atoms with Crippen LogP contribution in [-0.4, -0.2) is 9.78 Å². The van der Waals surface area contributed by atoms with Crippen molar-refractivity contribution < 1.29 is 31.1 Å². The summed E-state index contributed by atoms with van der Waals surface area (Å²) in [6, 6.07) is 12.8. The lowest BCUT2D eigenvalue weighted by atomic mass is 10.1. The second-order valence-corrected chi connectivity index (χ2v) is 7.88. The first-order chi connectivity index (χ1) is 16.0. The zero-order valence-corrected chi connectivity index (χ0v) is 18.3. The van der Waals surface area contributed by atoms with E-state index in [4.69, 9.17) is 27.9 Å². The summed E-state index contributed by atoms with van der Waals surface area (Å²) < 4.78 is 86.6. The fourth-order valence-corrected chi connectivity index (χ4v) is 3.73. The van der Waals surface area contributed by atoms with E-state index < -0.39 is 29.3 Å². The Morgan fingerprint density at radius 1 is 0.824 bits per heavy atom. The van der Waals surface area contributed by atoms with Crippen molar-refractivity contribution in [1.82, 2.24) is 9.78 Å². The maximum Gasteiger partial charge on any atom is 0.435 e. The SMILES string of the molecule is Fc1cc(-c2ccc(OCc3cc(C(F)(F)F)nn3-c3c(Cl)cccc3Cl)cc2)cc(F)c1F. The molecule has 0 atom stereocenters. The first kappa shape index (κ1) is 24.0. The van der Waals surface area contributed by atoms with Gasteiger partial charge in [0.25, 0.3) is 0 Å². The summed E-state index contributed by atoms with van der Waals surface area (Å²) in [5.74, 6) is -3.99. The molecule has 0 fully saturated rings. The fraction of sp³-hybridized carbons (Fsp3) is 0.0870. The highest BCUT2D eigenvalue weighted by Crippen LogP contribution is 2.34. The number of para-hydroxylation sites is 1. The van der Waals surface area contributed by atoms with Crippen molar-refractivity contribution in [3.63, 3.8) is 0 Å². The molecule has 34 heavy (non-hydrogen) atoms. The van der Waals surface area contributed by atoms with Crippen LogP contribution in [0.3, 0.4) is 0 Å². The van der Waals surface area contributed by atoms with E-state index in [0.29, 0.717) is 5.56 Å². The van der Waals surface area contributed by atoms with Gasteiger partial charge in [0.05, 0.1) is 15.7 Å². The number of hydrogen-bond acceptors (Lipinski definition) is 2. The van der Waals surface area contributed by atoms with Gasteiger partial charge in [0, 0.05) is 0 Å². The molecule has 3 aromatic carbocycles. The molecule has 176 valence electrons. The van der Waals surface area contributed by atoms with E-state index >= 15 is 0 Å². The summed E-state index contributed by atoms with van der Waals surface area (Å²) >= 11 is 12.3. The van der Waals surface area contributed by atoms with Gasteiger partial charge in [-0.1, -0.05) is 41.4 Å². The second kappa shape index (κ2) is 9.23. The van der Waals surface area contributed by atoms with Gasteiger partial charge in [0.15, 0.2) is 23.1 Å². The molecule has 1 aromatic heterocycles. The maximum absolute atomic E-state index is 13.5. The largest absolute Gasteiger partial charge is 0.487 e. The van der Waals surface area contributed by atoms with Gasteiger partial charge in [0.2, 0.25) is 0 Å². The van der Waals surface area contributed by atoms with E-state index in [1.165, 1.54) is 36.4 Å². The van der Waals surface area contributed by atoms with Crippen LogP contribution < -0.4 is 4.74 Å². The third-order valence-corrected chi connectivity index (χ3v) is 5.39. The van der Waals surface area contributed by atoms with Crippen molar-refractivity contribution in [2.45, 2.75) is 12.8 Å². The Morgan fingerprint density at radius 2 is 1.41 bits per heavy atom. The average Bonchev–Trinajstić information content (AvgIpc) is 3.20. The molecule has 1 heterocycles. The van der Waals surface area contributed by atoms with Gasteiger partial charge in [-0.05, 0) is 53.6 Å². The van der Waals surface area contributed by atoms with Crippen molar-refractivity contribution in [1.29, 1.82) is 0 Å². The van der Waals surface area contributed by atoms with Crippen LogP contribution in [0, 0.1) is 17.5 Å². The Hall–Kier alpha value is -3.17. The van der Waals surface area contributed by atoms with Crippen LogP contribution in [0.2, 0.25) is 10.0 Å². The molecule has 3 nitrogen and oxygen atoms in total. The number of benzene rings is 3. The lowest BCUT2D eigenvalue weighted by Gasteiger charge is -2.12. The molecule has 0 N–H and O–H groups in total. The third kappa shape index (κ3) is 4.85. The fourth-order valence-electron chi connectivity index (χ4n) is 3.17. The van der Waals surface area contributed by atoms with Crippen molar-refractivity contribution >= 4 is 23.2 Å². The Kier molecular flexibility index (Phi) is 6.51. The molecule has 4 aromatic rings. The van der Waals surface area contributed by atoms with Gasteiger partial charge < -0.3 is 4.74 Å². The Morgan fingerprint density at radius 3 is 1.97 bits per heavy atom. The minimum atomic E-state index is -4.71. The average molecular weight is 517 g/mol. The Labute approximate surface area is 199 Å². The zero-order valence-electron chi connectivity index (χ0n) is 16.8. The molecule has 0 aliphatic rings. The minimum Gasteiger partial charge on any atom is -0.487 e. The summed E-state index contributed by atoms with van der Waals surface area (Å²) in [7, 11) is 0. The van der Waals surface area contributed by atoms with Crippen LogP contribution in [0.15, 0.2) is 60.7 Å². The summed E-state index contributed by atoms with van der Waals surface area (Å²) in [5, 5.41) is 3.79. The summed E-state index contributed by atoms with van der Waals surface area (Å²) in [6.45, 7) is -0.330. The topological polar surface area (TPSA) is 27.1 Å². The van der Waals surface area contributed by atoms with Crippen molar-refractivity contribution in [2.24, 2.45) is 0 Å². The smallest absolute Gasteiger partial charge is 0.435 e. The molecule has 0 amide bonds. The predicted octanol–water partition coefficient (Wildman–Crippen LogP) is 7.86. The van der Waals surface area contributed by atoms with Gasteiger partial charge in [-0.3, -0.25) is 0 Å². The summed E-state index contributed by atoms with van der Waals surface area (Å²) in [6.07, 6.45) is -4.71.